The third-order valence-corrected chi connectivity index (χ3v) is 5.26. The van der Waals surface area contributed by atoms with Crippen LogP contribution in [0.2, 0.25) is 0 Å². The van der Waals surface area contributed by atoms with Gasteiger partial charge in [0.15, 0.2) is 0 Å². The van der Waals surface area contributed by atoms with Crippen LogP contribution in [0.1, 0.15) is 22.5 Å². The maximum atomic E-state index is 12.9. The highest BCUT2D eigenvalue weighted by molar-refractivity contribution is 7.13. The summed E-state index contributed by atoms with van der Waals surface area (Å²) in [6.07, 6.45) is 6.24. The lowest BCUT2D eigenvalue weighted by atomic mass is 10.1. The van der Waals surface area contributed by atoms with Gasteiger partial charge in [-0.05, 0) is 30.5 Å². The predicted molar refractivity (Wildman–Crippen MR) is 94.2 cm³/mol. The molecular weight excluding hydrogens is 304 g/mol. The van der Waals surface area contributed by atoms with Crippen molar-refractivity contribution < 1.29 is 4.79 Å². The second-order valence-corrected chi connectivity index (χ2v) is 6.66. The number of carbonyl (C=O) groups excluding carboxylic acids is 1. The molecule has 0 bridgehead atoms. The van der Waals surface area contributed by atoms with Crippen molar-refractivity contribution in [3.8, 4) is 16.8 Å². The Hall–Kier alpha value is -2.33. The summed E-state index contributed by atoms with van der Waals surface area (Å²) in [5.41, 5.74) is 3.27. The number of thiophene rings is 1. The second kappa shape index (κ2) is 6.05. The molecule has 0 N–H and O–H groups in total. The Morgan fingerprint density at radius 2 is 1.65 bits per heavy atom. The first kappa shape index (κ1) is 14.3. The van der Waals surface area contributed by atoms with Crippen LogP contribution < -0.4 is 0 Å². The van der Waals surface area contributed by atoms with Crippen LogP contribution in [0, 0.1) is 0 Å². The van der Waals surface area contributed by atoms with E-state index in [9.17, 15) is 4.79 Å². The monoisotopic (exact) mass is 322 g/mol. The fourth-order valence-electron chi connectivity index (χ4n) is 3.13. The number of amides is 1. The standard InChI is InChI=1S/C19H18N2OS/c22-19(21-12-6-7-13-21)18-17(20-10-4-5-11-20)16(14-23-18)15-8-2-1-3-9-15/h1-5,8-11,14H,6-7,12-13H2. The minimum absolute atomic E-state index is 0.165. The second-order valence-electron chi connectivity index (χ2n) is 5.78. The largest absolute Gasteiger partial charge is 0.338 e. The van der Waals surface area contributed by atoms with Crippen molar-refractivity contribution >= 4 is 17.2 Å². The van der Waals surface area contributed by atoms with E-state index in [2.05, 4.69) is 22.1 Å². The maximum Gasteiger partial charge on any atom is 0.266 e. The molecule has 0 atom stereocenters. The number of likely N-dealkylation sites (tertiary alicyclic amines) is 1. The third kappa shape index (κ3) is 2.59. The van der Waals surface area contributed by atoms with E-state index < -0.39 is 0 Å². The lowest BCUT2D eigenvalue weighted by molar-refractivity contribution is 0.0797. The Morgan fingerprint density at radius 3 is 2.35 bits per heavy atom. The molecule has 4 heteroatoms. The van der Waals surface area contributed by atoms with Gasteiger partial charge in [-0.25, -0.2) is 0 Å². The number of benzene rings is 1. The van der Waals surface area contributed by atoms with Crippen molar-refractivity contribution in [2.45, 2.75) is 12.8 Å². The zero-order valence-corrected chi connectivity index (χ0v) is 13.6. The van der Waals surface area contributed by atoms with Crippen molar-refractivity contribution in [3.05, 3.63) is 65.1 Å². The first-order valence-corrected chi connectivity index (χ1v) is 8.82. The van der Waals surface area contributed by atoms with Gasteiger partial charge in [0.1, 0.15) is 4.88 Å². The summed E-state index contributed by atoms with van der Waals surface area (Å²) in [6.45, 7) is 1.76. The van der Waals surface area contributed by atoms with E-state index in [4.69, 9.17) is 0 Å². The molecule has 0 spiro atoms. The fraction of sp³-hybridized carbons (Fsp3) is 0.211. The molecule has 4 rings (SSSR count). The summed E-state index contributed by atoms with van der Waals surface area (Å²) >= 11 is 1.55. The van der Waals surface area contributed by atoms with Crippen LogP contribution in [0.3, 0.4) is 0 Å². The van der Waals surface area contributed by atoms with Crippen molar-refractivity contribution in [1.82, 2.24) is 9.47 Å². The van der Waals surface area contributed by atoms with Gasteiger partial charge < -0.3 is 9.47 Å². The lowest BCUT2D eigenvalue weighted by Gasteiger charge is -2.16. The van der Waals surface area contributed by atoms with Crippen molar-refractivity contribution in [2.24, 2.45) is 0 Å². The molecule has 3 nitrogen and oxygen atoms in total. The topological polar surface area (TPSA) is 25.2 Å². The smallest absolute Gasteiger partial charge is 0.266 e. The van der Waals surface area contributed by atoms with Gasteiger partial charge in [0, 0.05) is 36.4 Å². The number of rotatable bonds is 3. The summed E-state index contributed by atoms with van der Waals surface area (Å²) < 4.78 is 2.06. The normalized spacial score (nSPS) is 14.3. The Balaban J connectivity index is 1.84. The molecule has 0 unspecified atom stereocenters. The minimum atomic E-state index is 0.165. The highest BCUT2D eigenvalue weighted by Crippen LogP contribution is 2.36. The van der Waals surface area contributed by atoms with Crippen LogP contribution in [0.25, 0.3) is 16.8 Å². The number of hydrogen-bond acceptors (Lipinski definition) is 2. The fourth-order valence-corrected chi connectivity index (χ4v) is 4.17. The molecule has 116 valence electrons. The van der Waals surface area contributed by atoms with E-state index in [1.165, 1.54) is 0 Å². The van der Waals surface area contributed by atoms with Crippen LogP contribution in [-0.2, 0) is 0 Å². The van der Waals surface area contributed by atoms with Crippen molar-refractivity contribution in [3.63, 3.8) is 0 Å². The molecule has 1 aliphatic heterocycles. The summed E-state index contributed by atoms with van der Waals surface area (Å²) in [5, 5.41) is 2.11. The van der Waals surface area contributed by atoms with Crippen LogP contribution in [0.4, 0.5) is 0 Å². The van der Waals surface area contributed by atoms with E-state index in [0.717, 1.165) is 47.6 Å². The SMILES string of the molecule is O=C(c1scc(-c2ccccc2)c1-n1cccc1)N1CCCC1. The zero-order chi connectivity index (χ0) is 15.6. The lowest BCUT2D eigenvalue weighted by Crippen LogP contribution is -2.27. The molecule has 1 fully saturated rings. The molecule has 1 aromatic carbocycles. The molecule has 3 aromatic rings. The van der Waals surface area contributed by atoms with Gasteiger partial charge in [-0.3, -0.25) is 4.79 Å². The molecule has 0 saturated carbocycles. The highest BCUT2D eigenvalue weighted by atomic mass is 32.1. The van der Waals surface area contributed by atoms with E-state index in [-0.39, 0.29) is 5.91 Å². The molecule has 0 aliphatic carbocycles. The van der Waals surface area contributed by atoms with E-state index in [1.807, 2.05) is 47.6 Å². The first-order chi connectivity index (χ1) is 11.3. The van der Waals surface area contributed by atoms with Gasteiger partial charge in [-0.1, -0.05) is 30.3 Å². The van der Waals surface area contributed by atoms with Crippen LogP contribution in [-0.4, -0.2) is 28.5 Å². The Morgan fingerprint density at radius 1 is 0.957 bits per heavy atom. The van der Waals surface area contributed by atoms with Gasteiger partial charge in [0.25, 0.3) is 5.91 Å². The summed E-state index contributed by atoms with van der Waals surface area (Å²) in [7, 11) is 0. The van der Waals surface area contributed by atoms with Crippen molar-refractivity contribution in [2.75, 3.05) is 13.1 Å². The number of nitrogens with zero attached hydrogens (tertiary/aromatic N) is 2. The summed E-state index contributed by atoms with van der Waals surface area (Å²) in [6, 6.07) is 14.3. The Bertz CT molecular complexity index is 799. The van der Waals surface area contributed by atoms with Gasteiger partial charge in [0.05, 0.1) is 5.69 Å². The number of aromatic nitrogens is 1. The van der Waals surface area contributed by atoms with E-state index >= 15 is 0 Å². The van der Waals surface area contributed by atoms with Crippen molar-refractivity contribution in [1.29, 1.82) is 0 Å². The van der Waals surface area contributed by atoms with Crippen LogP contribution >= 0.6 is 11.3 Å². The van der Waals surface area contributed by atoms with E-state index in [1.54, 1.807) is 11.3 Å². The van der Waals surface area contributed by atoms with Crippen LogP contribution in [0.15, 0.2) is 60.2 Å². The molecular formula is C19H18N2OS. The van der Waals surface area contributed by atoms with E-state index in [0.29, 0.717) is 0 Å². The number of carbonyl (C=O) groups is 1. The highest BCUT2D eigenvalue weighted by Gasteiger charge is 2.26. The molecule has 1 aliphatic rings. The Kier molecular flexibility index (Phi) is 3.75. The predicted octanol–water partition coefficient (Wildman–Crippen LogP) is 4.44. The molecule has 2 aromatic heterocycles. The zero-order valence-electron chi connectivity index (χ0n) is 12.8. The molecule has 0 radical (unpaired) electrons. The average molecular weight is 322 g/mol. The molecule has 23 heavy (non-hydrogen) atoms. The summed E-state index contributed by atoms with van der Waals surface area (Å²) in [5.74, 6) is 0.165. The maximum absolute atomic E-state index is 12.9. The number of hydrogen-bond donors (Lipinski definition) is 0. The molecule has 1 amide bonds. The summed E-state index contributed by atoms with van der Waals surface area (Å²) in [4.78, 5) is 15.7. The van der Waals surface area contributed by atoms with Gasteiger partial charge in [0.2, 0.25) is 0 Å². The van der Waals surface area contributed by atoms with Gasteiger partial charge in [-0.2, -0.15) is 0 Å². The van der Waals surface area contributed by atoms with Gasteiger partial charge >= 0.3 is 0 Å². The van der Waals surface area contributed by atoms with Gasteiger partial charge in [-0.15, -0.1) is 11.3 Å². The molecule has 1 saturated heterocycles. The quantitative estimate of drug-likeness (QED) is 0.700. The van der Waals surface area contributed by atoms with Crippen LogP contribution in [0.5, 0.6) is 0 Å². The molecule has 3 heterocycles. The average Bonchev–Trinajstić information content (AvgIpc) is 3.34. The Labute approximate surface area is 139 Å². The third-order valence-electron chi connectivity index (χ3n) is 4.30. The minimum Gasteiger partial charge on any atom is -0.338 e. The first-order valence-electron chi connectivity index (χ1n) is 7.94.